The molecule has 5 nitrogen and oxygen atoms in total. The largest absolute Gasteiger partial charge is 0.495 e. The van der Waals surface area contributed by atoms with E-state index >= 15 is 0 Å². The molecule has 0 bridgehead atoms. The van der Waals surface area contributed by atoms with Gasteiger partial charge in [-0.25, -0.2) is 0 Å². The third-order valence-corrected chi connectivity index (χ3v) is 4.26. The maximum absolute atomic E-state index is 12.1. The Bertz CT molecular complexity index is 546. The van der Waals surface area contributed by atoms with E-state index in [0.29, 0.717) is 11.4 Å². The summed E-state index contributed by atoms with van der Waals surface area (Å²) in [5.74, 6) is 0.550. The minimum Gasteiger partial charge on any atom is -0.495 e. The average molecular weight is 295 g/mol. The topological polar surface area (TPSA) is 64.1 Å². The summed E-state index contributed by atoms with van der Waals surface area (Å²) < 4.78 is 5.97. The highest BCUT2D eigenvalue weighted by Gasteiger charge is 2.17. The zero-order chi connectivity index (χ0) is 13.7. The van der Waals surface area contributed by atoms with Gasteiger partial charge in [0.05, 0.1) is 18.0 Å². The van der Waals surface area contributed by atoms with Crippen molar-refractivity contribution in [3.63, 3.8) is 0 Å². The van der Waals surface area contributed by atoms with Crippen LogP contribution in [0.5, 0.6) is 5.75 Å². The van der Waals surface area contributed by atoms with Crippen LogP contribution in [0.3, 0.4) is 0 Å². The second kappa shape index (κ2) is 6.53. The zero-order valence-corrected chi connectivity index (χ0v) is 12.1. The van der Waals surface area contributed by atoms with Crippen molar-refractivity contribution in [2.45, 2.75) is 16.5 Å². The predicted octanol–water partition coefficient (Wildman–Crippen LogP) is 2.67. The van der Waals surface area contributed by atoms with Crippen molar-refractivity contribution in [3.05, 3.63) is 29.8 Å². The zero-order valence-electron chi connectivity index (χ0n) is 10.5. The first-order valence-electron chi connectivity index (χ1n) is 5.57. The lowest BCUT2D eigenvalue weighted by Crippen LogP contribution is -2.22. The van der Waals surface area contributed by atoms with E-state index in [4.69, 9.17) is 4.74 Å². The minimum atomic E-state index is -0.252. The molecule has 0 aliphatic carbocycles. The normalized spacial score (nSPS) is 11.9. The van der Waals surface area contributed by atoms with Crippen LogP contribution in [-0.2, 0) is 4.79 Å². The lowest BCUT2D eigenvalue weighted by Gasteiger charge is -2.12. The summed E-state index contributed by atoms with van der Waals surface area (Å²) >= 11 is 2.80. The first-order valence-corrected chi connectivity index (χ1v) is 7.33. The minimum absolute atomic E-state index is 0.0929. The van der Waals surface area contributed by atoms with Crippen molar-refractivity contribution in [2.24, 2.45) is 0 Å². The fourth-order valence-corrected chi connectivity index (χ4v) is 3.03. The van der Waals surface area contributed by atoms with Crippen LogP contribution >= 0.6 is 23.1 Å². The molecule has 0 saturated carbocycles. The monoisotopic (exact) mass is 295 g/mol. The van der Waals surface area contributed by atoms with Gasteiger partial charge in [-0.15, -0.1) is 10.2 Å². The Hall–Kier alpha value is -1.60. The van der Waals surface area contributed by atoms with Gasteiger partial charge in [0.1, 0.15) is 11.3 Å². The molecule has 0 fully saturated rings. The second-order valence-corrected chi connectivity index (χ2v) is 6.08. The number of nitrogens with one attached hydrogen (secondary N) is 1. The molecule has 100 valence electrons. The van der Waals surface area contributed by atoms with Gasteiger partial charge in [-0.3, -0.25) is 4.79 Å². The van der Waals surface area contributed by atoms with Crippen molar-refractivity contribution >= 4 is 34.7 Å². The van der Waals surface area contributed by atoms with Crippen LogP contribution < -0.4 is 10.1 Å². The Kier molecular flexibility index (Phi) is 4.75. The van der Waals surface area contributed by atoms with Gasteiger partial charge in [-0.1, -0.05) is 35.2 Å². The molecule has 0 saturated heterocycles. The van der Waals surface area contributed by atoms with E-state index in [1.165, 1.54) is 23.1 Å². The van der Waals surface area contributed by atoms with Crippen LogP contribution in [0.2, 0.25) is 0 Å². The summed E-state index contributed by atoms with van der Waals surface area (Å²) in [7, 11) is 1.57. The van der Waals surface area contributed by atoms with E-state index in [1.54, 1.807) is 24.8 Å². The smallest absolute Gasteiger partial charge is 0.237 e. The molecule has 19 heavy (non-hydrogen) atoms. The van der Waals surface area contributed by atoms with Gasteiger partial charge in [0.2, 0.25) is 5.91 Å². The SMILES string of the molecule is COc1ccccc1NC(=O)[C@H](C)Sc1nncs1. The number of methoxy groups -OCH3 is 1. The van der Waals surface area contributed by atoms with Crippen molar-refractivity contribution < 1.29 is 9.53 Å². The molecular weight excluding hydrogens is 282 g/mol. The van der Waals surface area contributed by atoms with E-state index < -0.39 is 0 Å². The van der Waals surface area contributed by atoms with E-state index in [1.807, 2.05) is 19.1 Å². The van der Waals surface area contributed by atoms with Gasteiger partial charge in [0.15, 0.2) is 4.34 Å². The van der Waals surface area contributed by atoms with Crippen molar-refractivity contribution in [1.29, 1.82) is 0 Å². The van der Waals surface area contributed by atoms with Crippen LogP contribution in [0.25, 0.3) is 0 Å². The molecule has 1 aromatic carbocycles. The summed E-state index contributed by atoms with van der Waals surface area (Å²) in [4.78, 5) is 12.1. The highest BCUT2D eigenvalue weighted by molar-refractivity contribution is 8.02. The molecule has 1 amide bonds. The van der Waals surface area contributed by atoms with Crippen LogP contribution in [0.4, 0.5) is 5.69 Å². The van der Waals surface area contributed by atoms with Gasteiger partial charge in [0, 0.05) is 0 Å². The number of carbonyl (C=O) groups excluding carboxylic acids is 1. The Balaban J connectivity index is 2.00. The fraction of sp³-hybridized carbons (Fsp3) is 0.250. The van der Waals surface area contributed by atoms with Gasteiger partial charge < -0.3 is 10.1 Å². The Labute approximate surface area is 119 Å². The molecule has 1 aromatic heterocycles. The predicted molar refractivity (Wildman–Crippen MR) is 76.9 cm³/mol. The summed E-state index contributed by atoms with van der Waals surface area (Å²) in [6.45, 7) is 1.83. The number of para-hydroxylation sites is 2. The molecule has 0 aliphatic heterocycles. The number of amides is 1. The third kappa shape index (κ3) is 3.68. The number of nitrogens with zero attached hydrogens (tertiary/aromatic N) is 2. The van der Waals surface area contributed by atoms with Gasteiger partial charge in [0.25, 0.3) is 0 Å². The Morgan fingerprint density at radius 2 is 2.26 bits per heavy atom. The first kappa shape index (κ1) is 13.8. The summed E-state index contributed by atoms with van der Waals surface area (Å²) in [6, 6.07) is 7.31. The number of ether oxygens (including phenoxy) is 1. The number of carbonyl (C=O) groups is 1. The average Bonchev–Trinajstić information content (AvgIpc) is 2.92. The number of aromatic nitrogens is 2. The van der Waals surface area contributed by atoms with Crippen LogP contribution in [-0.4, -0.2) is 28.5 Å². The maximum Gasteiger partial charge on any atom is 0.237 e. The molecular formula is C12H13N3O2S2. The molecule has 2 aromatic rings. The second-order valence-electron chi connectivity index (χ2n) is 3.65. The third-order valence-electron chi connectivity index (χ3n) is 2.35. The number of anilines is 1. The Morgan fingerprint density at radius 1 is 1.47 bits per heavy atom. The van der Waals surface area contributed by atoms with E-state index in [9.17, 15) is 4.79 Å². The number of hydrogen-bond donors (Lipinski definition) is 1. The standard InChI is InChI=1S/C12H13N3O2S2/c1-8(19-12-15-13-7-18-12)11(16)14-9-5-3-4-6-10(9)17-2/h3-8H,1-2H3,(H,14,16)/t8-/m0/s1. The molecule has 0 radical (unpaired) electrons. The molecule has 1 atom stereocenters. The van der Waals surface area contributed by atoms with Gasteiger partial charge in [-0.05, 0) is 19.1 Å². The van der Waals surface area contributed by atoms with Crippen LogP contribution in [0.15, 0.2) is 34.1 Å². The lowest BCUT2D eigenvalue weighted by molar-refractivity contribution is -0.115. The molecule has 1 heterocycles. The first-order chi connectivity index (χ1) is 9.20. The van der Waals surface area contributed by atoms with Crippen LogP contribution in [0.1, 0.15) is 6.92 Å². The summed E-state index contributed by atoms with van der Waals surface area (Å²) in [5, 5.41) is 10.2. The quantitative estimate of drug-likeness (QED) is 0.859. The Morgan fingerprint density at radius 3 is 2.95 bits per heavy atom. The molecule has 1 N–H and O–H groups in total. The number of rotatable bonds is 5. The van der Waals surface area contributed by atoms with E-state index in [0.717, 1.165) is 4.34 Å². The van der Waals surface area contributed by atoms with E-state index in [2.05, 4.69) is 15.5 Å². The van der Waals surface area contributed by atoms with Crippen molar-refractivity contribution in [1.82, 2.24) is 10.2 Å². The molecule has 0 aliphatic rings. The molecule has 7 heteroatoms. The van der Waals surface area contributed by atoms with Crippen molar-refractivity contribution in [2.75, 3.05) is 12.4 Å². The number of hydrogen-bond acceptors (Lipinski definition) is 6. The maximum atomic E-state index is 12.1. The number of benzene rings is 1. The van der Waals surface area contributed by atoms with E-state index in [-0.39, 0.29) is 11.2 Å². The lowest BCUT2D eigenvalue weighted by atomic mass is 10.3. The molecule has 0 unspecified atom stereocenters. The van der Waals surface area contributed by atoms with Crippen molar-refractivity contribution in [3.8, 4) is 5.75 Å². The summed E-state index contributed by atoms with van der Waals surface area (Å²) in [5.41, 5.74) is 2.31. The molecule has 0 spiro atoms. The fourth-order valence-electron chi connectivity index (χ4n) is 1.40. The summed E-state index contributed by atoms with van der Waals surface area (Å²) in [6.07, 6.45) is 0. The highest BCUT2D eigenvalue weighted by atomic mass is 32.2. The number of thioether (sulfide) groups is 1. The van der Waals surface area contributed by atoms with Gasteiger partial charge >= 0.3 is 0 Å². The molecule has 2 rings (SSSR count). The highest BCUT2D eigenvalue weighted by Crippen LogP contribution is 2.27. The van der Waals surface area contributed by atoms with Gasteiger partial charge in [-0.2, -0.15) is 0 Å². The van der Waals surface area contributed by atoms with Crippen LogP contribution in [0, 0.1) is 0 Å².